The van der Waals surface area contributed by atoms with Gasteiger partial charge in [0.05, 0.1) is 18.9 Å². The fraction of sp³-hybridized carbons (Fsp3) is 0.385. The van der Waals surface area contributed by atoms with Gasteiger partial charge in [-0.25, -0.2) is 4.39 Å². The second-order valence-electron chi connectivity index (χ2n) is 9.39. The first kappa shape index (κ1) is 23.1. The third-order valence-corrected chi connectivity index (χ3v) is 6.77. The molecule has 1 heterocycles. The van der Waals surface area contributed by atoms with E-state index in [9.17, 15) is 14.3 Å². The number of aromatic amines is 1. The van der Waals surface area contributed by atoms with E-state index in [-0.39, 0.29) is 11.2 Å². The van der Waals surface area contributed by atoms with Crippen LogP contribution in [0.5, 0.6) is 5.75 Å². The Morgan fingerprint density at radius 2 is 2.06 bits per heavy atom. The van der Waals surface area contributed by atoms with Gasteiger partial charge in [-0.1, -0.05) is 25.1 Å². The monoisotopic (exact) mass is 451 g/mol. The number of methoxy groups -OCH3 is 1. The number of aldehydes is 1. The molecule has 2 aromatic carbocycles. The molecule has 3 aromatic rings. The second-order valence-corrected chi connectivity index (χ2v) is 9.39. The van der Waals surface area contributed by atoms with Crippen LogP contribution in [-0.2, 0) is 25.9 Å². The third kappa shape index (κ3) is 4.56. The van der Waals surface area contributed by atoms with Crippen molar-refractivity contribution in [2.24, 2.45) is 5.41 Å². The van der Waals surface area contributed by atoms with Crippen LogP contribution < -0.4 is 4.74 Å². The Labute approximate surface area is 193 Å². The summed E-state index contributed by atoms with van der Waals surface area (Å²) >= 11 is 0. The van der Waals surface area contributed by atoms with Gasteiger partial charge in [-0.15, -0.1) is 0 Å². The highest BCUT2D eigenvalue weighted by Crippen LogP contribution is 2.42. The predicted molar refractivity (Wildman–Crippen MR) is 125 cm³/mol. The van der Waals surface area contributed by atoms with E-state index in [1.165, 1.54) is 13.2 Å². The topological polar surface area (TPSA) is 78.4 Å². The molecule has 0 bridgehead atoms. The standard InChI is InChI=1S/C26H30FN3O3/c1-16(32)26(2)11-21-23(12-26)28-29-25(21)18-6-7-19(15-31)20(10-18)14-30(3)13-17-5-8-24(33-4)22(27)9-17/h5-10,15-16,32H,11-14H2,1-4H3,(H,28,29)/t16?,26-/m1/s1. The first-order chi connectivity index (χ1) is 15.7. The van der Waals surface area contributed by atoms with Crippen LogP contribution >= 0.6 is 0 Å². The SMILES string of the molecule is COc1ccc(CN(C)Cc2cc(-c3n[nH]c4c3C[C@@](C)(C(C)O)C4)ccc2C=O)cc1F. The van der Waals surface area contributed by atoms with Crippen molar-refractivity contribution in [3.8, 4) is 17.0 Å². The summed E-state index contributed by atoms with van der Waals surface area (Å²) in [4.78, 5) is 13.7. The molecule has 1 aliphatic rings. The summed E-state index contributed by atoms with van der Waals surface area (Å²) in [6, 6.07) is 10.7. The van der Waals surface area contributed by atoms with Gasteiger partial charge in [0, 0.05) is 40.9 Å². The molecule has 0 amide bonds. The van der Waals surface area contributed by atoms with Crippen molar-refractivity contribution in [3.05, 3.63) is 70.2 Å². The van der Waals surface area contributed by atoms with E-state index in [1.807, 2.05) is 43.1 Å². The van der Waals surface area contributed by atoms with Gasteiger partial charge in [0.1, 0.15) is 6.29 Å². The smallest absolute Gasteiger partial charge is 0.165 e. The number of carbonyl (C=O) groups is 1. The largest absolute Gasteiger partial charge is 0.494 e. The van der Waals surface area contributed by atoms with Gasteiger partial charge in [0.2, 0.25) is 0 Å². The average molecular weight is 452 g/mol. The predicted octanol–water partition coefficient (Wildman–Crippen LogP) is 4.15. The minimum absolute atomic E-state index is 0.210. The van der Waals surface area contributed by atoms with Crippen molar-refractivity contribution in [2.75, 3.05) is 14.2 Å². The lowest BCUT2D eigenvalue weighted by Gasteiger charge is -2.27. The van der Waals surface area contributed by atoms with Gasteiger partial charge >= 0.3 is 0 Å². The lowest BCUT2D eigenvalue weighted by molar-refractivity contribution is 0.0596. The molecule has 6 nitrogen and oxygen atoms in total. The van der Waals surface area contributed by atoms with Crippen LogP contribution in [0.2, 0.25) is 0 Å². The van der Waals surface area contributed by atoms with Crippen molar-refractivity contribution in [2.45, 2.75) is 45.9 Å². The van der Waals surface area contributed by atoms with E-state index in [0.29, 0.717) is 18.7 Å². The van der Waals surface area contributed by atoms with E-state index in [1.54, 1.807) is 6.07 Å². The Balaban J connectivity index is 1.57. The van der Waals surface area contributed by atoms with E-state index >= 15 is 0 Å². The van der Waals surface area contributed by atoms with Crippen LogP contribution in [0.1, 0.15) is 46.6 Å². The van der Waals surface area contributed by atoms with E-state index in [0.717, 1.165) is 52.8 Å². The molecule has 1 unspecified atom stereocenters. The van der Waals surface area contributed by atoms with Gasteiger partial charge in [-0.3, -0.25) is 14.8 Å². The fourth-order valence-corrected chi connectivity index (χ4v) is 4.61. The molecule has 0 saturated heterocycles. The summed E-state index contributed by atoms with van der Waals surface area (Å²) < 4.78 is 19.0. The number of H-pyrrole nitrogens is 1. The van der Waals surface area contributed by atoms with Crippen molar-refractivity contribution in [1.29, 1.82) is 0 Å². The molecule has 0 fully saturated rings. The first-order valence-electron chi connectivity index (χ1n) is 11.1. The summed E-state index contributed by atoms with van der Waals surface area (Å²) in [6.07, 6.45) is 1.95. The molecule has 33 heavy (non-hydrogen) atoms. The van der Waals surface area contributed by atoms with Gasteiger partial charge in [0.15, 0.2) is 11.6 Å². The number of ether oxygens (including phenoxy) is 1. The van der Waals surface area contributed by atoms with Crippen molar-refractivity contribution in [3.63, 3.8) is 0 Å². The van der Waals surface area contributed by atoms with E-state index in [4.69, 9.17) is 4.74 Å². The number of carbonyl (C=O) groups excluding carboxylic acids is 1. The van der Waals surface area contributed by atoms with Gasteiger partial charge in [-0.2, -0.15) is 5.10 Å². The molecular formula is C26H30FN3O3. The molecule has 0 aliphatic heterocycles. The molecule has 0 radical (unpaired) electrons. The number of aliphatic hydroxyl groups is 1. The molecule has 2 N–H and O–H groups in total. The van der Waals surface area contributed by atoms with E-state index < -0.39 is 11.9 Å². The fourth-order valence-electron chi connectivity index (χ4n) is 4.61. The summed E-state index contributed by atoms with van der Waals surface area (Å²) in [6.45, 7) is 4.97. The summed E-state index contributed by atoms with van der Waals surface area (Å²) in [7, 11) is 3.38. The van der Waals surface area contributed by atoms with Crippen LogP contribution in [-0.4, -0.2) is 46.8 Å². The summed E-state index contributed by atoms with van der Waals surface area (Å²) in [5.74, 6) is -0.175. The Morgan fingerprint density at radius 3 is 2.73 bits per heavy atom. The first-order valence-corrected chi connectivity index (χ1v) is 11.1. The molecule has 1 aliphatic carbocycles. The average Bonchev–Trinajstić information content (AvgIpc) is 3.31. The van der Waals surface area contributed by atoms with Gasteiger partial charge in [-0.05, 0) is 56.1 Å². The zero-order chi connectivity index (χ0) is 23.8. The summed E-state index contributed by atoms with van der Waals surface area (Å²) in [5, 5.41) is 17.9. The molecule has 7 heteroatoms. The molecule has 174 valence electrons. The number of nitrogens with one attached hydrogen (secondary N) is 1. The minimum atomic E-state index is -0.421. The minimum Gasteiger partial charge on any atom is -0.494 e. The number of aliphatic hydroxyl groups excluding tert-OH is 1. The number of hydrogen-bond acceptors (Lipinski definition) is 5. The number of benzene rings is 2. The van der Waals surface area contributed by atoms with Crippen LogP contribution in [0.4, 0.5) is 4.39 Å². The molecule has 0 spiro atoms. The number of nitrogens with zero attached hydrogens (tertiary/aromatic N) is 2. The molecule has 4 rings (SSSR count). The highest BCUT2D eigenvalue weighted by molar-refractivity contribution is 5.80. The molecular weight excluding hydrogens is 421 g/mol. The normalized spacial score (nSPS) is 18.4. The summed E-state index contributed by atoms with van der Waals surface area (Å²) in [5.41, 5.74) is 6.11. The zero-order valence-electron chi connectivity index (χ0n) is 19.5. The maximum Gasteiger partial charge on any atom is 0.165 e. The lowest BCUT2D eigenvalue weighted by Crippen LogP contribution is -2.30. The number of halogens is 1. The van der Waals surface area contributed by atoms with Crippen molar-refractivity contribution in [1.82, 2.24) is 15.1 Å². The lowest BCUT2D eigenvalue weighted by atomic mass is 9.82. The highest BCUT2D eigenvalue weighted by Gasteiger charge is 2.40. The zero-order valence-corrected chi connectivity index (χ0v) is 19.5. The van der Waals surface area contributed by atoms with Gasteiger partial charge in [0.25, 0.3) is 0 Å². The highest BCUT2D eigenvalue weighted by atomic mass is 19.1. The second kappa shape index (κ2) is 9.08. The Hall–Kier alpha value is -3.03. The number of aromatic nitrogens is 2. The van der Waals surface area contributed by atoms with Gasteiger partial charge < -0.3 is 9.84 Å². The number of rotatable bonds is 8. The number of hydrogen-bond donors (Lipinski definition) is 2. The molecule has 2 atom stereocenters. The molecule has 0 saturated carbocycles. The van der Waals surface area contributed by atoms with Crippen LogP contribution in [0.25, 0.3) is 11.3 Å². The maximum atomic E-state index is 14.1. The molecule has 1 aromatic heterocycles. The Kier molecular flexibility index (Phi) is 6.36. The quantitative estimate of drug-likeness (QED) is 0.503. The van der Waals surface area contributed by atoms with Crippen LogP contribution in [0.3, 0.4) is 0 Å². The van der Waals surface area contributed by atoms with E-state index in [2.05, 4.69) is 17.1 Å². The maximum absolute atomic E-state index is 14.1. The van der Waals surface area contributed by atoms with Crippen LogP contribution in [0.15, 0.2) is 36.4 Å². The Bertz CT molecular complexity index is 1170. The van der Waals surface area contributed by atoms with Crippen LogP contribution in [0, 0.1) is 11.2 Å². The number of fused-ring (bicyclic) bond motifs is 1. The Morgan fingerprint density at radius 1 is 1.27 bits per heavy atom. The van der Waals surface area contributed by atoms with Crippen molar-refractivity contribution < 1.29 is 19.0 Å². The van der Waals surface area contributed by atoms with Crippen molar-refractivity contribution >= 4 is 6.29 Å². The third-order valence-electron chi connectivity index (χ3n) is 6.77.